The molecule has 1 amide bonds. The van der Waals surface area contributed by atoms with Gasteiger partial charge in [-0.2, -0.15) is 0 Å². The fourth-order valence-electron chi connectivity index (χ4n) is 3.42. The van der Waals surface area contributed by atoms with E-state index in [9.17, 15) is 4.79 Å². The van der Waals surface area contributed by atoms with Crippen LogP contribution in [-0.4, -0.2) is 80.1 Å². The van der Waals surface area contributed by atoms with Gasteiger partial charge in [0, 0.05) is 19.7 Å². The number of primary amides is 1. The van der Waals surface area contributed by atoms with Crippen molar-refractivity contribution in [1.29, 1.82) is 0 Å². The lowest BCUT2D eigenvalue weighted by atomic mass is 10.0. The molecule has 2 heterocycles. The molecule has 3 rings (SSSR count). The number of methoxy groups -OCH3 is 2. The second kappa shape index (κ2) is 11.1. The van der Waals surface area contributed by atoms with Crippen molar-refractivity contribution in [2.75, 3.05) is 47.1 Å². The quantitative estimate of drug-likeness (QED) is 0.543. The van der Waals surface area contributed by atoms with Crippen molar-refractivity contribution < 1.29 is 23.7 Å². The Labute approximate surface area is 176 Å². The number of fused-ring (bicyclic) bond motifs is 1. The monoisotopic (exact) mass is 417 g/mol. The Bertz CT molecular complexity index is 834. The van der Waals surface area contributed by atoms with Gasteiger partial charge in [-0.25, -0.2) is 9.97 Å². The van der Waals surface area contributed by atoms with Crippen molar-refractivity contribution in [2.45, 2.75) is 25.0 Å². The number of benzene rings is 1. The summed E-state index contributed by atoms with van der Waals surface area (Å²) in [7, 11) is 3.23. The number of ether oxygens (including phenoxy) is 4. The molecular weight excluding hydrogens is 388 g/mol. The van der Waals surface area contributed by atoms with Gasteiger partial charge in [-0.05, 0) is 37.9 Å². The van der Waals surface area contributed by atoms with Crippen molar-refractivity contribution in [1.82, 2.24) is 14.9 Å². The lowest BCUT2D eigenvalue weighted by Gasteiger charge is -2.35. The van der Waals surface area contributed by atoms with Crippen molar-refractivity contribution in [3.63, 3.8) is 0 Å². The highest BCUT2D eigenvalue weighted by molar-refractivity contribution is 5.80. The largest absolute Gasteiger partial charge is 0.497 e. The molecule has 0 saturated carbocycles. The number of carbonyl (C=O) groups is 1. The van der Waals surface area contributed by atoms with Crippen LogP contribution in [0.5, 0.6) is 11.6 Å². The maximum absolute atomic E-state index is 11.8. The number of likely N-dealkylation sites (tertiary alicyclic amines) is 1. The molecule has 2 unspecified atom stereocenters. The third-order valence-electron chi connectivity index (χ3n) is 4.97. The van der Waals surface area contributed by atoms with Crippen LogP contribution >= 0.6 is 0 Å². The summed E-state index contributed by atoms with van der Waals surface area (Å²) < 4.78 is 22.1. The molecule has 1 aromatic heterocycles. The summed E-state index contributed by atoms with van der Waals surface area (Å²) in [6.45, 7) is 2.50. The molecule has 2 atom stereocenters. The maximum atomic E-state index is 11.8. The number of aromatic nitrogens is 2. The van der Waals surface area contributed by atoms with Crippen LogP contribution in [0.1, 0.15) is 12.8 Å². The highest BCUT2D eigenvalue weighted by Crippen LogP contribution is 2.21. The molecule has 2 N–H and O–H groups in total. The van der Waals surface area contributed by atoms with Gasteiger partial charge < -0.3 is 24.7 Å². The summed E-state index contributed by atoms with van der Waals surface area (Å²) in [5.41, 5.74) is 7.01. The van der Waals surface area contributed by atoms with Gasteiger partial charge in [0.2, 0.25) is 11.8 Å². The number of amides is 1. The molecule has 163 valence electrons. The van der Waals surface area contributed by atoms with Gasteiger partial charge in [-0.3, -0.25) is 9.69 Å². The fraction of sp³-hybridized carbons (Fsp3) is 0.524. The predicted octanol–water partition coefficient (Wildman–Crippen LogP) is 1.20. The molecule has 1 saturated heterocycles. The molecule has 0 bridgehead atoms. The average molecular weight is 417 g/mol. The number of nitrogens with zero attached hydrogens (tertiary/aromatic N) is 3. The summed E-state index contributed by atoms with van der Waals surface area (Å²) >= 11 is 0. The summed E-state index contributed by atoms with van der Waals surface area (Å²) in [6.07, 6.45) is 4.88. The van der Waals surface area contributed by atoms with Crippen LogP contribution in [0.2, 0.25) is 0 Å². The van der Waals surface area contributed by atoms with Gasteiger partial charge in [0.15, 0.2) is 0 Å². The van der Waals surface area contributed by atoms with Crippen molar-refractivity contribution in [2.24, 2.45) is 5.73 Å². The van der Waals surface area contributed by atoms with Crippen LogP contribution in [-0.2, 0) is 14.3 Å². The van der Waals surface area contributed by atoms with Crippen LogP contribution in [0, 0.1) is 6.42 Å². The lowest BCUT2D eigenvalue weighted by molar-refractivity contribution is -0.124. The van der Waals surface area contributed by atoms with Crippen LogP contribution in [0.25, 0.3) is 11.0 Å². The summed E-state index contributed by atoms with van der Waals surface area (Å²) in [4.78, 5) is 22.9. The zero-order valence-corrected chi connectivity index (χ0v) is 17.5. The molecule has 1 aliphatic rings. The Kier molecular flexibility index (Phi) is 8.18. The SMILES string of the molecule is COCCOCC(CN1CC[CH]CC1C(N)=O)Oc1cnc2ccc(OC)cc2n1. The maximum Gasteiger partial charge on any atom is 0.234 e. The third kappa shape index (κ3) is 6.01. The first-order valence-electron chi connectivity index (χ1n) is 10.00. The molecule has 0 spiro atoms. The van der Waals surface area contributed by atoms with Gasteiger partial charge in [-0.1, -0.05) is 0 Å². The minimum atomic E-state index is -0.348. The van der Waals surface area contributed by atoms with Crippen LogP contribution in [0.3, 0.4) is 0 Å². The van der Waals surface area contributed by atoms with E-state index in [-0.39, 0.29) is 18.1 Å². The van der Waals surface area contributed by atoms with E-state index < -0.39 is 0 Å². The number of nitrogens with two attached hydrogens (primary N) is 1. The van der Waals surface area contributed by atoms with Crippen LogP contribution < -0.4 is 15.2 Å². The Hall–Kier alpha value is -2.49. The van der Waals surface area contributed by atoms with E-state index in [4.69, 9.17) is 24.7 Å². The van der Waals surface area contributed by atoms with Crippen LogP contribution in [0.4, 0.5) is 0 Å². The summed E-state index contributed by atoms with van der Waals surface area (Å²) in [5, 5.41) is 0. The number of rotatable bonds is 11. The minimum Gasteiger partial charge on any atom is -0.497 e. The normalized spacial score (nSPS) is 18.3. The molecule has 30 heavy (non-hydrogen) atoms. The van der Waals surface area contributed by atoms with E-state index in [1.54, 1.807) is 20.4 Å². The van der Waals surface area contributed by atoms with E-state index in [0.717, 1.165) is 18.5 Å². The van der Waals surface area contributed by atoms with Gasteiger partial charge in [0.05, 0.1) is 50.2 Å². The number of piperidine rings is 1. The van der Waals surface area contributed by atoms with Gasteiger partial charge in [0.25, 0.3) is 0 Å². The Morgan fingerprint density at radius 2 is 2.17 bits per heavy atom. The Morgan fingerprint density at radius 3 is 2.93 bits per heavy atom. The smallest absolute Gasteiger partial charge is 0.234 e. The van der Waals surface area contributed by atoms with Gasteiger partial charge >= 0.3 is 0 Å². The van der Waals surface area contributed by atoms with Gasteiger partial charge in [-0.15, -0.1) is 0 Å². The van der Waals surface area contributed by atoms with Crippen molar-refractivity contribution >= 4 is 16.9 Å². The average Bonchev–Trinajstić information content (AvgIpc) is 2.76. The highest BCUT2D eigenvalue weighted by Gasteiger charge is 2.29. The number of hydrogen-bond donors (Lipinski definition) is 1. The first-order valence-corrected chi connectivity index (χ1v) is 10.00. The van der Waals surface area contributed by atoms with E-state index in [0.29, 0.717) is 49.9 Å². The van der Waals surface area contributed by atoms with Crippen molar-refractivity contribution in [3.8, 4) is 11.6 Å². The van der Waals surface area contributed by atoms with E-state index in [1.165, 1.54) is 0 Å². The molecule has 0 aliphatic carbocycles. The second-order valence-electron chi connectivity index (χ2n) is 7.10. The minimum absolute atomic E-state index is 0.326. The Morgan fingerprint density at radius 1 is 1.30 bits per heavy atom. The van der Waals surface area contributed by atoms with E-state index >= 15 is 0 Å². The molecule has 9 nitrogen and oxygen atoms in total. The van der Waals surface area contributed by atoms with Gasteiger partial charge in [0.1, 0.15) is 11.9 Å². The molecule has 1 radical (unpaired) electrons. The number of hydrogen-bond acceptors (Lipinski definition) is 8. The molecule has 1 aromatic carbocycles. The zero-order chi connectivity index (χ0) is 21.3. The predicted molar refractivity (Wildman–Crippen MR) is 111 cm³/mol. The molecule has 9 heteroatoms. The topological polar surface area (TPSA) is 109 Å². The van der Waals surface area contributed by atoms with Crippen LogP contribution in [0.15, 0.2) is 24.4 Å². The molecule has 2 aromatic rings. The first-order chi connectivity index (χ1) is 14.6. The number of carbonyl (C=O) groups excluding carboxylic acids is 1. The molecule has 1 aliphatic heterocycles. The lowest BCUT2D eigenvalue weighted by Crippen LogP contribution is -2.51. The fourth-order valence-corrected chi connectivity index (χ4v) is 3.42. The highest BCUT2D eigenvalue weighted by atomic mass is 16.5. The standard InChI is InChI=1S/C21H29N4O5/c1-27-9-10-29-14-16(13-25-8-4-3-5-19(25)21(22)26)30-20-12-23-17-7-6-15(28-2)11-18(17)24-20/h3,6-7,11-12,16,19H,4-5,8-10,13-14H2,1-2H3,(H2,22,26). The summed E-state index contributed by atoms with van der Waals surface area (Å²) in [6, 6.07) is 5.15. The first kappa shape index (κ1) is 22.2. The van der Waals surface area contributed by atoms with E-state index in [1.807, 2.05) is 23.1 Å². The second-order valence-corrected chi connectivity index (χ2v) is 7.10. The Balaban J connectivity index is 1.74. The molecule has 1 fully saturated rings. The molecular formula is C21H29N4O5. The van der Waals surface area contributed by atoms with Crippen molar-refractivity contribution in [3.05, 3.63) is 30.8 Å². The van der Waals surface area contributed by atoms with E-state index in [2.05, 4.69) is 16.4 Å². The third-order valence-corrected chi connectivity index (χ3v) is 4.97. The zero-order valence-electron chi connectivity index (χ0n) is 17.5. The summed E-state index contributed by atoms with van der Waals surface area (Å²) in [5.74, 6) is 0.750.